The van der Waals surface area contributed by atoms with E-state index in [9.17, 15) is 18.8 Å². The van der Waals surface area contributed by atoms with Crippen molar-refractivity contribution in [3.63, 3.8) is 0 Å². The number of nitrogens with one attached hydrogen (secondary N) is 1. The molecule has 0 fully saturated rings. The fourth-order valence-corrected chi connectivity index (χ4v) is 2.67. The highest BCUT2D eigenvalue weighted by Crippen LogP contribution is 2.15. The largest absolute Gasteiger partial charge is 0.353 e. The maximum absolute atomic E-state index is 13.1. The average molecular weight is 397 g/mol. The van der Waals surface area contributed by atoms with E-state index < -0.39 is 0 Å². The van der Waals surface area contributed by atoms with E-state index >= 15 is 0 Å². The third kappa shape index (κ3) is 5.22. The summed E-state index contributed by atoms with van der Waals surface area (Å²) in [6, 6.07) is 10.1. The first-order chi connectivity index (χ1) is 14.0. The van der Waals surface area contributed by atoms with E-state index in [0.717, 1.165) is 0 Å². The smallest absolute Gasteiger partial charge is 0.266 e. The number of amides is 1. The summed E-state index contributed by atoms with van der Waals surface area (Å²) in [7, 11) is 0. The minimum Gasteiger partial charge on any atom is -0.353 e. The lowest BCUT2D eigenvalue weighted by molar-refractivity contribution is -0.121. The van der Waals surface area contributed by atoms with Crippen LogP contribution in [-0.4, -0.2) is 31.8 Å². The van der Waals surface area contributed by atoms with Gasteiger partial charge in [-0.15, -0.1) is 0 Å². The van der Waals surface area contributed by atoms with Crippen LogP contribution in [0.3, 0.4) is 0 Å². The molecule has 0 saturated carbocycles. The molecule has 0 spiro atoms. The summed E-state index contributed by atoms with van der Waals surface area (Å²) in [4.78, 5) is 40.1. The third-order valence-corrected chi connectivity index (χ3v) is 4.26. The minimum absolute atomic E-state index is 0.154. The second-order valence-corrected chi connectivity index (χ2v) is 6.34. The first-order valence-corrected chi connectivity index (χ1v) is 9.12. The molecule has 0 aliphatic rings. The van der Waals surface area contributed by atoms with Crippen molar-refractivity contribution in [2.45, 2.75) is 26.4 Å². The predicted octanol–water partition coefficient (Wildman–Crippen LogP) is 0.985. The van der Waals surface area contributed by atoms with Crippen molar-refractivity contribution in [3.8, 4) is 11.3 Å². The summed E-state index contributed by atoms with van der Waals surface area (Å²) in [6.45, 7) is 2.04. The van der Waals surface area contributed by atoms with E-state index in [0.29, 0.717) is 23.4 Å². The summed E-state index contributed by atoms with van der Waals surface area (Å²) < 4.78 is 15.5. The molecule has 1 aromatic carbocycles. The van der Waals surface area contributed by atoms with Gasteiger partial charge in [0.05, 0.1) is 18.6 Å². The zero-order chi connectivity index (χ0) is 20.8. The van der Waals surface area contributed by atoms with Crippen molar-refractivity contribution >= 4 is 5.91 Å². The Kier molecular flexibility index (Phi) is 6.28. The van der Waals surface area contributed by atoms with Gasteiger partial charge in [-0.2, -0.15) is 5.10 Å². The lowest BCUT2D eigenvalue weighted by atomic mass is 10.1. The maximum atomic E-state index is 13.1. The van der Waals surface area contributed by atoms with Gasteiger partial charge in [-0.1, -0.05) is 6.92 Å². The van der Waals surface area contributed by atoms with E-state index in [1.54, 1.807) is 18.2 Å². The van der Waals surface area contributed by atoms with Crippen molar-refractivity contribution in [2.75, 3.05) is 6.54 Å². The molecule has 1 N–H and O–H groups in total. The van der Waals surface area contributed by atoms with Crippen molar-refractivity contribution < 1.29 is 9.18 Å². The Morgan fingerprint density at radius 1 is 1.10 bits per heavy atom. The van der Waals surface area contributed by atoms with E-state index in [1.165, 1.54) is 39.8 Å². The molecule has 0 aliphatic heterocycles. The number of halogens is 1. The first kappa shape index (κ1) is 20.1. The van der Waals surface area contributed by atoms with Crippen molar-refractivity contribution in [3.05, 3.63) is 81.0 Å². The van der Waals surface area contributed by atoms with Crippen LogP contribution in [0.1, 0.15) is 12.6 Å². The van der Waals surface area contributed by atoms with Gasteiger partial charge in [-0.25, -0.2) is 14.1 Å². The van der Waals surface area contributed by atoms with Crippen LogP contribution in [0.2, 0.25) is 0 Å². The normalized spacial score (nSPS) is 10.7. The zero-order valence-corrected chi connectivity index (χ0v) is 15.8. The van der Waals surface area contributed by atoms with Gasteiger partial charge in [0.15, 0.2) is 0 Å². The van der Waals surface area contributed by atoms with Crippen LogP contribution < -0.4 is 16.4 Å². The van der Waals surface area contributed by atoms with Crippen LogP contribution in [0.25, 0.3) is 11.3 Å². The topological polar surface area (TPSA) is 98.9 Å². The SMILES string of the molecule is CCc1cc(=O)n(CC(=O)NCCn2nc(-c3ccc(F)cc3)ccc2=O)cn1. The number of benzene rings is 1. The summed E-state index contributed by atoms with van der Waals surface area (Å²) in [5.74, 6) is -0.732. The Morgan fingerprint density at radius 2 is 1.86 bits per heavy atom. The van der Waals surface area contributed by atoms with Crippen molar-refractivity contribution in [1.29, 1.82) is 0 Å². The Bertz CT molecular complexity index is 1120. The number of hydrogen-bond donors (Lipinski definition) is 1. The highest BCUT2D eigenvalue weighted by molar-refractivity contribution is 5.75. The van der Waals surface area contributed by atoms with Crippen molar-refractivity contribution in [2.24, 2.45) is 0 Å². The number of aromatic nitrogens is 4. The molecule has 1 amide bonds. The summed E-state index contributed by atoms with van der Waals surface area (Å²) in [5, 5.41) is 6.91. The fourth-order valence-electron chi connectivity index (χ4n) is 2.67. The molecule has 29 heavy (non-hydrogen) atoms. The Labute approximate surface area is 165 Å². The molecule has 3 rings (SSSR count). The van der Waals surface area contributed by atoms with Gasteiger partial charge in [0.2, 0.25) is 5.91 Å². The van der Waals surface area contributed by atoms with Crippen LogP contribution in [0, 0.1) is 5.82 Å². The number of carbonyl (C=O) groups is 1. The molecule has 0 aliphatic carbocycles. The van der Waals surface area contributed by atoms with Crippen LogP contribution in [0.5, 0.6) is 0 Å². The summed E-state index contributed by atoms with van der Waals surface area (Å²) in [5.41, 5.74) is 1.24. The maximum Gasteiger partial charge on any atom is 0.266 e. The fraction of sp³-hybridized carbons (Fsp3) is 0.250. The minimum atomic E-state index is -0.374. The zero-order valence-electron chi connectivity index (χ0n) is 15.8. The molecule has 8 nitrogen and oxygen atoms in total. The van der Waals surface area contributed by atoms with Gasteiger partial charge in [-0.05, 0) is 36.8 Å². The predicted molar refractivity (Wildman–Crippen MR) is 105 cm³/mol. The second kappa shape index (κ2) is 9.05. The van der Waals surface area contributed by atoms with Gasteiger partial charge < -0.3 is 5.32 Å². The number of carbonyl (C=O) groups excluding carboxylic acids is 1. The third-order valence-electron chi connectivity index (χ3n) is 4.26. The highest BCUT2D eigenvalue weighted by atomic mass is 19.1. The number of rotatable bonds is 7. The molecular formula is C20H20FN5O3. The molecule has 9 heteroatoms. The van der Waals surface area contributed by atoms with Crippen LogP contribution >= 0.6 is 0 Å². The molecule has 2 aromatic heterocycles. The lowest BCUT2D eigenvalue weighted by Crippen LogP contribution is -2.36. The molecule has 0 saturated heterocycles. The molecular weight excluding hydrogens is 377 g/mol. The molecule has 0 unspecified atom stereocenters. The quantitative estimate of drug-likeness (QED) is 0.641. The van der Waals surface area contributed by atoms with Crippen molar-refractivity contribution in [1.82, 2.24) is 24.6 Å². The summed E-state index contributed by atoms with van der Waals surface area (Å²) >= 11 is 0. The van der Waals surface area contributed by atoms with Gasteiger partial charge in [0, 0.05) is 29.9 Å². The van der Waals surface area contributed by atoms with Gasteiger partial charge in [0.25, 0.3) is 11.1 Å². The first-order valence-electron chi connectivity index (χ1n) is 9.12. The van der Waals surface area contributed by atoms with E-state index in [-0.39, 0.29) is 42.5 Å². The standard InChI is InChI=1S/C20H20FN5O3/c1-2-16-11-20(29)25(13-23-16)12-18(27)22-9-10-26-19(28)8-7-17(24-26)14-3-5-15(21)6-4-14/h3-8,11,13H,2,9-10,12H2,1H3,(H,22,27). The summed E-state index contributed by atoms with van der Waals surface area (Å²) in [6.07, 6.45) is 1.99. The highest BCUT2D eigenvalue weighted by Gasteiger charge is 2.07. The average Bonchev–Trinajstić information content (AvgIpc) is 2.71. The van der Waals surface area contributed by atoms with Crippen LogP contribution in [0.15, 0.2) is 58.4 Å². The molecule has 0 bridgehead atoms. The van der Waals surface area contributed by atoms with E-state index in [1.807, 2.05) is 6.92 Å². The Balaban J connectivity index is 1.60. The van der Waals surface area contributed by atoms with Crippen LogP contribution in [0.4, 0.5) is 4.39 Å². The number of nitrogens with zero attached hydrogens (tertiary/aromatic N) is 4. The van der Waals surface area contributed by atoms with E-state index in [2.05, 4.69) is 15.4 Å². The monoisotopic (exact) mass is 397 g/mol. The molecule has 2 heterocycles. The molecule has 0 atom stereocenters. The number of hydrogen-bond acceptors (Lipinski definition) is 5. The molecule has 3 aromatic rings. The van der Waals surface area contributed by atoms with Crippen LogP contribution in [-0.2, 0) is 24.3 Å². The molecule has 150 valence electrons. The number of aryl methyl sites for hydroxylation is 1. The van der Waals surface area contributed by atoms with Gasteiger partial charge >= 0.3 is 0 Å². The van der Waals surface area contributed by atoms with Gasteiger partial charge in [0.1, 0.15) is 12.4 Å². The second-order valence-electron chi connectivity index (χ2n) is 6.34. The molecule has 0 radical (unpaired) electrons. The lowest BCUT2D eigenvalue weighted by Gasteiger charge is -2.09. The van der Waals surface area contributed by atoms with Gasteiger partial charge in [-0.3, -0.25) is 19.0 Å². The Morgan fingerprint density at radius 3 is 2.55 bits per heavy atom. The Hall–Kier alpha value is -3.62. The van der Waals surface area contributed by atoms with E-state index in [4.69, 9.17) is 0 Å².